The summed E-state index contributed by atoms with van der Waals surface area (Å²) in [6.07, 6.45) is -6.07. The molecule has 7 nitrogen and oxygen atoms in total. The van der Waals surface area contributed by atoms with Crippen molar-refractivity contribution in [3.8, 4) is 0 Å². The molecule has 6 N–H and O–H groups in total. The van der Waals surface area contributed by atoms with Gasteiger partial charge in [-0.25, -0.2) is 0 Å². The summed E-state index contributed by atoms with van der Waals surface area (Å²) in [7, 11) is 3.27. The highest BCUT2D eigenvalue weighted by atomic mass is 33.1. The van der Waals surface area contributed by atoms with Gasteiger partial charge in [0.05, 0.1) is 6.61 Å². The topological polar surface area (TPSA) is 130 Å². The number of nitrogens with one attached hydrogen (secondary N) is 1. The molecule has 0 heterocycles. The first-order chi connectivity index (χ1) is 9.45. The van der Waals surface area contributed by atoms with Crippen molar-refractivity contribution in [2.24, 2.45) is 0 Å². The summed E-state index contributed by atoms with van der Waals surface area (Å²) in [4.78, 5) is 11.5. The van der Waals surface area contributed by atoms with Gasteiger partial charge < -0.3 is 30.8 Å². The summed E-state index contributed by atoms with van der Waals surface area (Å²) in [5.74, 6) is 0.842. The molecule has 0 rings (SSSR count). The van der Waals surface area contributed by atoms with Gasteiger partial charge in [-0.2, -0.15) is 0 Å². The Labute approximate surface area is 126 Å². The number of hydrogen-bond acceptors (Lipinski definition) is 8. The summed E-state index contributed by atoms with van der Waals surface area (Å²) in [5, 5.41) is 48.5. The molecule has 0 aliphatic rings. The lowest BCUT2D eigenvalue weighted by Gasteiger charge is -2.24. The number of aliphatic hydroxyl groups is 5. The first-order valence-electron chi connectivity index (χ1n) is 6.30. The minimum absolute atomic E-state index is 0.322. The molecule has 0 aromatic carbocycles. The molecule has 0 bridgehead atoms. The molecule has 0 aliphatic carbocycles. The van der Waals surface area contributed by atoms with Gasteiger partial charge in [-0.05, 0) is 6.42 Å². The van der Waals surface area contributed by atoms with Crippen LogP contribution in [0.3, 0.4) is 0 Å². The van der Waals surface area contributed by atoms with Crippen LogP contribution >= 0.6 is 21.6 Å². The fraction of sp³-hybridized carbons (Fsp3) is 0.909. The van der Waals surface area contributed by atoms with Crippen LogP contribution in [-0.4, -0.2) is 80.5 Å². The Kier molecular flexibility index (Phi) is 11.6. The fourth-order valence-corrected chi connectivity index (χ4v) is 3.24. The molecule has 0 aliphatic heterocycles. The largest absolute Gasteiger partial charge is 0.394 e. The average molecular weight is 329 g/mol. The molecular weight excluding hydrogens is 306 g/mol. The Hall–Kier alpha value is -0.0300. The first-order valence-corrected chi connectivity index (χ1v) is 8.79. The lowest BCUT2D eigenvalue weighted by Crippen LogP contribution is -2.51. The highest BCUT2D eigenvalue weighted by Crippen LogP contribution is 2.20. The van der Waals surface area contributed by atoms with Crippen LogP contribution in [0.1, 0.15) is 13.3 Å². The van der Waals surface area contributed by atoms with Crippen molar-refractivity contribution >= 4 is 27.5 Å². The van der Waals surface area contributed by atoms with Gasteiger partial charge in [0.15, 0.2) is 6.10 Å². The predicted molar refractivity (Wildman–Crippen MR) is 79.3 cm³/mol. The Balaban J connectivity index is 3.96. The molecule has 0 saturated heterocycles. The van der Waals surface area contributed by atoms with E-state index in [1.54, 1.807) is 21.6 Å². The molecule has 0 radical (unpaired) electrons. The van der Waals surface area contributed by atoms with Crippen LogP contribution in [0.2, 0.25) is 0 Å². The van der Waals surface area contributed by atoms with Crippen LogP contribution in [0.15, 0.2) is 0 Å². The number of rotatable bonds is 11. The molecule has 1 amide bonds. The third-order valence-corrected chi connectivity index (χ3v) is 4.99. The SMILES string of the molecule is CCCSSCCNC(=O)[C@H](O)[C@@H](O)[C@H](O)[C@H](O)CO. The summed E-state index contributed by atoms with van der Waals surface area (Å²) in [6.45, 7) is 1.61. The summed E-state index contributed by atoms with van der Waals surface area (Å²) < 4.78 is 0. The fourth-order valence-electron chi connectivity index (χ4n) is 1.20. The van der Waals surface area contributed by atoms with Crippen LogP contribution in [-0.2, 0) is 4.79 Å². The molecule has 4 atom stereocenters. The van der Waals surface area contributed by atoms with Crippen molar-refractivity contribution in [3.63, 3.8) is 0 Å². The summed E-state index contributed by atoms with van der Waals surface area (Å²) in [6, 6.07) is 0. The zero-order valence-electron chi connectivity index (χ0n) is 11.3. The molecule has 20 heavy (non-hydrogen) atoms. The number of hydrogen-bond donors (Lipinski definition) is 6. The number of carbonyl (C=O) groups excluding carboxylic acids is 1. The third kappa shape index (κ3) is 7.67. The Morgan fingerprint density at radius 1 is 1.10 bits per heavy atom. The van der Waals surface area contributed by atoms with E-state index in [0.717, 1.165) is 12.2 Å². The summed E-state index contributed by atoms with van der Waals surface area (Å²) in [5.41, 5.74) is 0. The highest BCUT2D eigenvalue weighted by Gasteiger charge is 2.33. The molecule has 120 valence electrons. The van der Waals surface area contributed by atoms with Gasteiger partial charge in [0.1, 0.15) is 18.3 Å². The van der Waals surface area contributed by atoms with E-state index < -0.39 is 36.9 Å². The van der Waals surface area contributed by atoms with Gasteiger partial charge >= 0.3 is 0 Å². The van der Waals surface area contributed by atoms with E-state index in [2.05, 4.69) is 12.2 Å². The molecule has 9 heteroatoms. The van der Waals surface area contributed by atoms with Crippen molar-refractivity contribution in [2.75, 3.05) is 24.7 Å². The lowest BCUT2D eigenvalue weighted by molar-refractivity contribution is -0.148. The van der Waals surface area contributed by atoms with Gasteiger partial charge in [0.25, 0.3) is 5.91 Å². The Morgan fingerprint density at radius 3 is 2.25 bits per heavy atom. The van der Waals surface area contributed by atoms with Crippen LogP contribution in [0.5, 0.6) is 0 Å². The van der Waals surface area contributed by atoms with Crippen molar-refractivity contribution < 1.29 is 30.3 Å². The van der Waals surface area contributed by atoms with E-state index in [1.807, 2.05) is 0 Å². The van der Waals surface area contributed by atoms with E-state index in [0.29, 0.717) is 12.3 Å². The van der Waals surface area contributed by atoms with Crippen molar-refractivity contribution in [1.29, 1.82) is 0 Å². The molecule has 0 spiro atoms. The van der Waals surface area contributed by atoms with Crippen LogP contribution in [0, 0.1) is 0 Å². The van der Waals surface area contributed by atoms with E-state index in [1.165, 1.54) is 0 Å². The molecular formula is C11H23NO6S2. The monoisotopic (exact) mass is 329 g/mol. The van der Waals surface area contributed by atoms with Crippen molar-refractivity contribution in [1.82, 2.24) is 5.32 Å². The van der Waals surface area contributed by atoms with Gasteiger partial charge in [0.2, 0.25) is 0 Å². The van der Waals surface area contributed by atoms with E-state index >= 15 is 0 Å². The Bertz CT molecular complexity index is 271. The lowest BCUT2D eigenvalue weighted by atomic mass is 10.0. The second-order valence-corrected chi connectivity index (χ2v) is 6.81. The number of carbonyl (C=O) groups is 1. The van der Waals surface area contributed by atoms with Gasteiger partial charge in [0, 0.05) is 18.1 Å². The molecule has 0 aromatic rings. The third-order valence-electron chi connectivity index (χ3n) is 2.38. The molecule has 0 fully saturated rings. The van der Waals surface area contributed by atoms with E-state index in [4.69, 9.17) is 10.2 Å². The maximum absolute atomic E-state index is 11.5. The average Bonchev–Trinajstić information content (AvgIpc) is 2.47. The zero-order valence-corrected chi connectivity index (χ0v) is 12.9. The second-order valence-electron chi connectivity index (χ2n) is 4.11. The normalized spacial score (nSPS) is 17.3. The van der Waals surface area contributed by atoms with Crippen molar-refractivity contribution in [2.45, 2.75) is 37.8 Å². The minimum Gasteiger partial charge on any atom is -0.394 e. The smallest absolute Gasteiger partial charge is 0.251 e. The molecule has 0 unspecified atom stereocenters. The maximum atomic E-state index is 11.5. The minimum atomic E-state index is -1.86. The highest BCUT2D eigenvalue weighted by molar-refractivity contribution is 8.76. The first kappa shape index (κ1) is 20.0. The second kappa shape index (κ2) is 11.6. The van der Waals surface area contributed by atoms with Crippen LogP contribution in [0.4, 0.5) is 0 Å². The molecule has 0 aromatic heterocycles. The maximum Gasteiger partial charge on any atom is 0.251 e. The summed E-state index contributed by atoms with van der Waals surface area (Å²) >= 11 is 0. The zero-order chi connectivity index (χ0) is 15.5. The van der Waals surface area contributed by atoms with E-state index in [-0.39, 0.29) is 0 Å². The molecule has 0 saturated carbocycles. The number of aliphatic hydroxyl groups excluding tert-OH is 5. The van der Waals surface area contributed by atoms with Crippen LogP contribution < -0.4 is 5.32 Å². The van der Waals surface area contributed by atoms with Gasteiger partial charge in [-0.15, -0.1) is 0 Å². The van der Waals surface area contributed by atoms with Crippen molar-refractivity contribution in [3.05, 3.63) is 0 Å². The predicted octanol–water partition coefficient (Wildman–Crippen LogP) is -1.67. The quantitative estimate of drug-likeness (QED) is 0.196. The standard InChI is InChI=1S/C11H23NO6S2/c1-2-4-19-20-5-3-12-11(18)10(17)9(16)8(15)7(14)6-13/h7-10,13-17H,2-6H2,1H3,(H,12,18)/t7-,8-,9+,10-/m1/s1. The van der Waals surface area contributed by atoms with E-state index in [9.17, 15) is 20.1 Å². The number of amides is 1. The Morgan fingerprint density at radius 2 is 1.70 bits per heavy atom. The van der Waals surface area contributed by atoms with Gasteiger partial charge in [-0.1, -0.05) is 28.5 Å². The van der Waals surface area contributed by atoms with Gasteiger partial charge in [-0.3, -0.25) is 4.79 Å². The van der Waals surface area contributed by atoms with Crippen LogP contribution in [0.25, 0.3) is 0 Å².